The number of alkyl halides is 1. The Hall–Kier alpha value is -3.45. The Labute approximate surface area is 184 Å². The number of aromatic nitrogens is 5. The van der Waals surface area contributed by atoms with Crippen molar-refractivity contribution in [2.45, 2.75) is 38.0 Å². The van der Waals surface area contributed by atoms with Gasteiger partial charge in [0.2, 0.25) is 5.95 Å². The van der Waals surface area contributed by atoms with Gasteiger partial charge in [-0.1, -0.05) is 0 Å². The number of halogens is 2. The molecule has 32 heavy (non-hydrogen) atoms. The first-order chi connectivity index (χ1) is 15.1. The highest BCUT2D eigenvalue weighted by atomic mass is 19.1. The van der Waals surface area contributed by atoms with Gasteiger partial charge in [-0.2, -0.15) is 9.65 Å². The first-order valence-electron chi connectivity index (χ1n) is 10.2. The molecule has 1 aliphatic heterocycles. The van der Waals surface area contributed by atoms with Crippen molar-refractivity contribution < 1.29 is 13.9 Å². The Kier molecular flexibility index (Phi) is 5.38. The Morgan fingerprint density at radius 2 is 1.97 bits per heavy atom. The van der Waals surface area contributed by atoms with Gasteiger partial charge in [0.25, 0.3) is 0 Å². The van der Waals surface area contributed by atoms with Crippen molar-refractivity contribution in [3.63, 3.8) is 0 Å². The first-order valence-corrected chi connectivity index (χ1v) is 10.2. The summed E-state index contributed by atoms with van der Waals surface area (Å²) >= 11 is 0. The zero-order chi connectivity index (χ0) is 23.1. The van der Waals surface area contributed by atoms with Gasteiger partial charge in [-0.15, -0.1) is 10.2 Å². The van der Waals surface area contributed by atoms with Crippen molar-refractivity contribution in [1.29, 1.82) is 5.26 Å². The first kappa shape index (κ1) is 21.8. The molecule has 0 aliphatic carbocycles. The van der Waals surface area contributed by atoms with E-state index in [-0.39, 0.29) is 18.7 Å². The van der Waals surface area contributed by atoms with Gasteiger partial charge >= 0.3 is 0 Å². The third kappa shape index (κ3) is 3.91. The van der Waals surface area contributed by atoms with Crippen molar-refractivity contribution in [3.05, 3.63) is 53.8 Å². The third-order valence-electron chi connectivity index (χ3n) is 5.73. The molecule has 1 fully saturated rings. The molecular weight excluding hydrogens is 416 g/mol. The van der Waals surface area contributed by atoms with E-state index in [4.69, 9.17) is 0 Å². The van der Waals surface area contributed by atoms with Crippen molar-refractivity contribution >= 4 is 5.69 Å². The third-order valence-corrected chi connectivity index (χ3v) is 5.73. The number of aliphatic hydroxyl groups is 1. The van der Waals surface area contributed by atoms with Crippen LogP contribution in [0, 0.1) is 17.3 Å². The van der Waals surface area contributed by atoms with Crippen LogP contribution in [0.25, 0.3) is 11.3 Å². The average Bonchev–Trinajstić information content (AvgIpc) is 3.20. The summed E-state index contributed by atoms with van der Waals surface area (Å²) in [7, 11) is 1.70. The molecule has 3 aromatic rings. The number of rotatable bonds is 4. The molecule has 0 amide bonds. The maximum atomic E-state index is 15.6. The van der Waals surface area contributed by atoms with Crippen LogP contribution in [-0.2, 0) is 18.3 Å². The maximum absolute atomic E-state index is 15.6. The molecule has 3 aromatic heterocycles. The van der Waals surface area contributed by atoms with Crippen LogP contribution in [0.1, 0.15) is 43.8 Å². The van der Waals surface area contributed by atoms with Crippen LogP contribution in [-0.4, -0.2) is 42.9 Å². The normalized spacial score (nSPS) is 16.1. The summed E-state index contributed by atoms with van der Waals surface area (Å²) in [5.74, 6) is -0.366. The Bertz CT molecular complexity index is 1170. The number of aryl methyl sites for hydroxylation is 1. The van der Waals surface area contributed by atoms with E-state index in [9.17, 15) is 14.8 Å². The van der Waals surface area contributed by atoms with Crippen LogP contribution < -0.4 is 4.90 Å². The van der Waals surface area contributed by atoms with Gasteiger partial charge in [0.1, 0.15) is 18.0 Å². The smallest absolute Gasteiger partial charge is 0.212 e. The average molecular weight is 439 g/mol. The molecule has 0 spiro atoms. The number of anilines is 1. The predicted octanol–water partition coefficient (Wildman–Crippen LogP) is 2.98. The van der Waals surface area contributed by atoms with Gasteiger partial charge in [0.05, 0.1) is 22.6 Å². The zero-order valence-electron chi connectivity index (χ0n) is 18.0. The lowest BCUT2D eigenvalue weighted by molar-refractivity contribution is 0.0739. The summed E-state index contributed by atoms with van der Waals surface area (Å²) in [6.07, 6.45) is 3.10. The summed E-state index contributed by atoms with van der Waals surface area (Å²) < 4.78 is 30.7. The Balaban J connectivity index is 1.77. The molecule has 4 heterocycles. The highest BCUT2D eigenvalue weighted by molar-refractivity contribution is 5.80. The summed E-state index contributed by atoms with van der Waals surface area (Å²) in [5.41, 5.74) is -0.948. The van der Waals surface area contributed by atoms with E-state index in [1.54, 1.807) is 25.5 Å². The molecule has 0 bridgehead atoms. The minimum absolute atomic E-state index is 0.152. The van der Waals surface area contributed by atoms with E-state index in [0.717, 1.165) is 0 Å². The van der Waals surface area contributed by atoms with Crippen LogP contribution in [0.15, 0.2) is 30.7 Å². The van der Waals surface area contributed by atoms with Crippen LogP contribution >= 0.6 is 0 Å². The lowest BCUT2D eigenvalue weighted by Crippen LogP contribution is -2.42. The van der Waals surface area contributed by atoms with Crippen molar-refractivity contribution in [1.82, 2.24) is 24.7 Å². The van der Waals surface area contributed by atoms with Gasteiger partial charge in [0.15, 0.2) is 11.5 Å². The second-order valence-electron chi connectivity index (χ2n) is 8.51. The molecular formula is C22H23F2N7O. The molecule has 0 unspecified atom stereocenters. The SMILES string of the molecule is Cn1cnnc1C1(F)CCN(c2c(C#N)cc(C(C)(C)O)nc2-c2ccc(F)nc2)CC1. The molecule has 10 heteroatoms. The Morgan fingerprint density at radius 1 is 1.25 bits per heavy atom. The molecule has 4 rings (SSSR count). The summed E-state index contributed by atoms with van der Waals surface area (Å²) in [6, 6.07) is 6.44. The molecule has 0 aromatic carbocycles. The largest absolute Gasteiger partial charge is 0.384 e. The van der Waals surface area contributed by atoms with Gasteiger partial charge in [0, 0.05) is 44.7 Å². The standard InChI is InChI=1S/C22H23F2N7O/c1-21(2,32)16-10-15(11-25)19(18(28-16)14-4-5-17(23)26-12-14)31-8-6-22(24,7-9-31)20-29-27-13-30(20)3/h4-5,10,12-13,32H,6-9H2,1-3H3. The van der Waals surface area contributed by atoms with Crippen LogP contribution in [0.2, 0.25) is 0 Å². The second-order valence-corrected chi connectivity index (χ2v) is 8.51. The lowest BCUT2D eigenvalue weighted by Gasteiger charge is -2.38. The molecule has 1 N–H and O–H groups in total. The van der Waals surface area contributed by atoms with Gasteiger partial charge in [-0.05, 0) is 32.0 Å². The molecule has 8 nitrogen and oxygen atoms in total. The predicted molar refractivity (Wildman–Crippen MR) is 113 cm³/mol. The lowest BCUT2D eigenvalue weighted by atomic mass is 9.91. The van der Waals surface area contributed by atoms with Crippen LogP contribution in [0.5, 0.6) is 0 Å². The topological polar surface area (TPSA) is 104 Å². The number of nitrogens with zero attached hydrogens (tertiary/aromatic N) is 7. The summed E-state index contributed by atoms with van der Waals surface area (Å²) in [5, 5.41) is 28.1. The minimum Gasteiger partial charge on any atom is -0.384 e. The molecule has 0 atom stereocenters. The fourth-order valence-electron chi connectivity index (χ4n) is 3.97. The molecule has 0 saturated carbocycles. The van der Waals surface area contributed by atoms with E-state index in [2.05, 4.69) is 26.2 Å². The van der Waals surface area contributed by atoms with E-state index in [1.165, 1.54) is 30.7 Å². The van der Waals surface area contributed by atoms with Crippen molar-refractivity contribution in [2.75, 3.05) is 18.0 Å². The number of pyridine rings is 2. The van der Waals surface area contributed by atoms with E-state index >= 15 is 4.39 Å². The van der Waals surface area contributed by atoms with E-state index in [1.807, 2.05) is 4.90 Å². The van der Waals surface area contributed by atoms with E-state index in [0.29, 0.717) is 41.3 Å². The van der Waals surface area contributed by atoms with Gasteiger partial charge < -0.3 is 14.6 Å². The van der Waals surface area contributed by atoms with E-state index < -0.39 is 17.2 Å². The highest BCUT2D eigenvalue weighted by Gasteiger charge is 2.41. The van der Waals surface area contributed by atoms with Gasteiger partial charge in [-0.3, -0.25) is 0 Å². The highest BCUT2D eigenvalue weighted by Crippen LogP contribution is 2.41. The van der Waals surface area contributed by atoms with Crippen LogP contribution in [0.3, 0.4) is 0 Å². The fourth-order valence-corrected chi connectivity index (χ4v) is 3.97. The molecule has 1 aliphatic rings. The maximum Gasteiger partial charge on any atom is 0.212 e. The fraction of sp³-hybridized carbons (Fsp3) is 0.409. The monoisotopic (exact) mass is 439 g/mol. The Morgan fingerprint density at radius 3 is 2.50 bits per heavy atom. The number of piperidine rings is 1. The van der Waals surface area contributed by atoms with Crippen LogP contribution in [0.4, 0.5) is 14.5 Å². The van der Waals surface area contributed by atoms with Crippen molar-refractivity contribution in [3.8, 4) is 17.3 Å². The van der Waals surface area contributed by atoms with Crippen molar-refractivity contribution in [2.24, 2.45) is 7.05 Å². The quantitative estimate of drug-likeness (QED) is 0.623. The zero-order valence-corrected chi connectivity index (χ0v) is 18.0. The number of hydrogen-bond donors (Lipinski definition) is 1. The number of hydrogen-bond acceptors (Lipinski definition) is 7. The number of nitriles is 1. The summed E-state index contributed by atoms with van der Waals surface area (Å²) in [4.78, 5) is 10.2. The molecule has 0 radical (unpaired) electrons. The minimum atomic E-state index is -1.63. The molecule has 166 valence electrons. The van der Waals surface area contributed by atoms with Gasteiger partial charge in [-0.25, -0.2) is 14.4 Å². The molecule has 1 saturated heterocycles. The summed E-state index contributed by atoms with van der Waals surface area (Å²) in [6.45, 7) is 3.76. The second kappa shape index (κ2) is 7.91.